The number of carbonyl (C=O) groups excluding carboxylic acids is 2. The Morgan fingerprint density at radius 1 is 0.816 bits per heavy atom. The van der Waals surface area contributed by atoms with Gasteiger partial charge in [0.1, 0.15) is 31.5 Å². The van der Waals surface area contributed by atoms with Crippen molar-refractivity contribution in [2.24, 2.45) is 0 Å². The number of rotatable bonds is 12. The number of ether oxygens (including phenoxy) is 4. The lowest BCUT2D eigenvalue weighted by Gasteiger charge is -2.23. The molecule has 0 unspecified atom stereocenters. The fraction of sp³-hybridized carbons (Fsp3) is 0.333. The Balaban J connectivity index is 1.81. The molecular weight excluding hydrogens is 486 g/mol. The van der Waals surface area contributed by atoms with Crippen molar-refractivity contribution in [3.05, 3.63) is 95.6 Å². The van der Waals surface area contributed by atoms with Crippen molar-refractivity contribution in [2.75, 3.05) is 13.2 Å². The van der Waals surface area contributed by atoms with Crippen LogP contribution in [0.25, 0.3) is 0 Å². The summed E-state index contributed by atoms with van der Waals surface area (Å²) in [5.41, 5.74) is 1.98. The molecule has 2 N–H and O–H groups in total. The van der Waals surface area contributed by atoms with E-state index in [4.69, 9.17) is 24.1 Å². The van der Waals surface area contributed by atoms with Gasteiger partial charge in [-0.05, 0) is 49.6 Å². The molecule has 8 nitrogen and oxygen atoms in total. The largest absolute Gasteiger partial charge is 0.485 e. The quantitative estimate of drug-likeness (QED) is 0.330. The number of benzene rings is 3. The number of carbonyl (C=O) groups is 2. The Morgan fingerprint density at radius 2 is 1.39 bits per heavy atom. The Bertz CT molecular complexity index is 1160. The molecule has 0 heterocycles. The molecule has 0 aliphatic carbocycles. The van der Waals surface area contributed by atoms with Crippen molar-refractivity contribution < 1.29 is 33.6 Å². The van der Waals surface area contributed by atoms with Crippen LogP contribution in [0.3, 0.4) is 0 Å². The van der Waals surface area contributed by atoms with Gasteiger partial charge in [0.05, 0.1) is 6.61 Å². The molecule has 0 fully saturated rings. The first-order valence-electron chi connectivity index (χ1n) is 12.5. The Labute approximate surface area is 223 Å². The van der Waals surface area contributed by atoms with Crippen molar-refractivity contribution >= 4 is 12.1 Å². The van der Waals surface area contributed by atoms with Crippen molar-refractivity contribution in [1.82, 2.24) is 5.32 Å². The van der Waals surface area contributed by atoms with E-state index in [1.807, 2.05) is 60.7 Å². The zero-order valence-electron chi connectivity index (χ0n) is 22.0. The Hall–Kier alpha value is -4.04. The SMILES string of the molecule is CC(C)(C)OC(=O)N[C@@H](Cc1ccc(OCc2ccccc2)c(OCc2ccccc2)c1)C(=O)OCCO. The third-order valence-corrected chi connectivity index (χ3v) is 5.23. The predicted octanol–water partition coefficient (Wildman–Crippen LogP) is 4.82. The van der Waals surface area contributed by atoms with E-state index in [-0.39, 0.29) is 19.6 Å². The standard InChI is InChI=1S/C30H35NO7/c1-30(2,3)38-29(34)31-25(28(33)35-17-16-32)18-24-14-15-26(36-20-22-10-6-4-7-11-22)27(19-24)37-21-23-12-8-5-9-13-23/h4-15,19,25,32H,16-18,20-21H2,1-3H3,(H,31,34)/t25-/m0/s1. The van der Waals surface area contributed by atoms with Crippen LogP contribution in [0.1, 0.15) is 37.5 Å². The highest BCUT2D eigenvalue weighted by molar-refractivity contribution is 5.81. The minimum atomic E-state index is -1.03. The van der Waals surface area contributed by atoms with E-state index in [0.717, 1.165) is 11.1 Å². The smallest absolute Gasteiger partial charge is 0.408 e. The van der Waals surface area contributed by atoms with Crippen LogP contribution < -0.4 is 14.8 Å². The highest BCUT2D eigenvalue weighted by atomic mass is 16.6. The van der Waals surface area contributed by atoms with Gasteiger partial charge in [0, 0.05) is 6.42 Å². The van der Waals surface area contributed by atoms with Gasteiger partial charge in [-0.2, -0.15) is 0 Å². The molecule has 0 bridgehead atoms. The predicted molar refractivity (Wildman–Crippen MR) is 143 cm³/mol. The highest BCUT2D eigenvalue weighted by Crippen LogP contribution is 2.31. The molecule has 0 saturated heterocycles. The first kappa shape index (κ1) is 28.5. The summed E-state index contributed by atoms with van der Waals surface area (Å²) in [4.78, 5) is 25.1. The van der Waals surface area contributed by atoms with Gasteiger partial charge in [-0.15, -0.1) is 0 Å². The molecule has 1 amide bonds. The van der Waals surface area contributed by atoms with Crippen LogP contribution in [0.2, 0.25) is 0 Å². The molecule has 1 atom stereocenters. The van der Waals surface area contributed by atoms with Crippen molar-refractivity contribution in [3.63, 3.8) is 0 Å². The second-order valence-corrected chi connectivity index (χ2v) is 9.62. The first-order chi connectivity index (χ1) is 18.2. The normalized spacial score (nSPS) is 11.8. The monoisotopic (exact) mass is 521 g/mol. The van der Waals surface area contributed by atoms with Gasteiger partial charge in [0.15, 0.2) is 11.5 Å². The number of aliphatic hydroxyl groups is 1. The van der Waals surface area contributed by atoms with E-state index in [1.165, 1.54) is 0 Å². The zero-order chi connectivity index (χ0) is 27.4. The fourth-order valence-corrected chi connectivity index (χ4v) is 3.51. The summed E-state index contributed by atoms with van der Waals surface area (Å²) in [5.74, 6) is 0.371. The molecule has 8 heteroatoms. The lowest BCUT2D eigenvalue weighted by molar-refractivity contribution is -0.147. The fourth-order valence-electron chi connectivity index (χ4n) is 3.51. The molecule has 3 aromatic carbocycles. The Kier molecular flexibility index (Phi) is 10.5. The molecule has 0 aliphatic rings. The van der Waals surface area contributed by atoms with Crippen molar-refractivity contribution in [3.8, 4) is 11.5 Å². The number of esters is 1. The number of hydrogen-bond acceptors (Lipinski definition) is 7. The van der Waals surface area contributed by atoms with Gasteiger partial charge in [0.2, 0.25) is 0 Å². The van der Waals surface area contributed by atoms with Gasteiger partial charge in [-0.3, -0.25) is 0 Å². The maximum absolute atomic E-state index is 12.7. The average Bonchev–Trinajstić information content (AvgIpc) is 2.89. The summed E-state index contributed by atoms with van der Waals surface area (Å²) < 4.78 is 22.6. The molecule has 0 spiro atoms. The van der Waals surface area contributed by atoms with E-state index < -0.39 is 23.7 Å². The van der Waals surface area contributed by atoms with Crippen LogP contribution in [-0.4, -0.2) is 42.0 Å². The van der Waals surface area contributed by atoms with E-state index in [9.17, 15) is 9.59 Å². The molecule has 0 aromatic heterocycles. The maximum Gasteiger partial charge on any atom is 0.408 e. The van der Waals surface area contributed by atoms with E-state index >= 15 is 0 Å². The third kappa shape index (κ3) is 9.78. The lowest BCUT2D eigenvalue weighted by atomic mass is 10.1. The zero-order valence-corrected chi connectivity index (χ0v) is 22.0. The second kappa shape index (κ2) is 14.0. The summed E-state index contributed by atoms with van der Waals surface area (Å²) >= 11 is 0. The second-order valence-electron chi connectivity index (χ2n) is 9.62. The molecule has 0 radical (unpaired) electrons. The number of hydrogen-bond donors (Lipinski definition) is 2. The minimum absolute atomic E-state index is 0.115. The van der Waals surface area contributed by atoms with Crippen LogP contribution in [0.5, 0.6) is 11.5 Å². The number of alkyl carbamates (subject to hydrolysis) is 1. The van der Waals surface area contributed by atoms with Crippen molar-refractivity contribution in [1.29, 1.82) is 0 Å². The molecular formula is C30H35NO7. The number of nitrogens with one attached hydrogen (secondary N) is 1. The van der Waals surface area contributed by atoms with E-state index in [0.29, 0.717) is 30.3 Å². The van der Waals surface area contributed by atoms with Gasteiger partial charge in [-0.1, -0.05) is 66.7 Å². The molecule has 38 heavy (non-hydrogen) atoms. The average molecular weight is 522 g/mol. The topological polar surface area (TPSA) is 103 Å². The van der Waals surface area contributed by atoms with Crippen LogP contribution in [-0.2, 0) is 33.9 Å². The number of aliphatic hydroxyl groups excluding tert-OH is 1. The summed E-state index contributed by atoms with van der Waals surface area (Å²) in [5, 5.41) is 11.6. The summed E-state index contributed by atoms with van der Waals surface area (Å²) in [6.45, 7) is 5.38. The molecule has 0 saturated carbocycles. The van der Waals surface area contributed by atoms with Crippen molar-refractivity contribution in [2.45, 2.75) is 52.0 Å². The first-order valence-corrected chi connectivity index (χ1v) is 12.5. The van der Waals surface area contributed by atoms with Gasteiger partial charge < -0.3 is 29.4 Å². The van der Waals surface area contributed by atoms with Crippen LogP contribution in [0, 0.1) is 0 Å². The van der Waals surface area contributed by atoms with E-state index in [1.54, 1.807) is 39.0 Å². The van der Waals surface area contributed by atoms with Gasteiger partial charge in [0.25, 0.3) is 0 Å². The van der Waals surface area contributed by atoms with Crippen LogP contribution in [0.4, 0.5) is 4.79 Å². The van der Waals surface area contributed by atoms with Gasteiger partial charge in [-0.25, -0.2) is 9.59 Å². The summed E-state index contributed by atoms with van der Waals surface area (Å²) in [7, 11) is 0. The molecule has 3 rings (SSSR count). The van der Waals surface area contributed by atoms with Crippen LogP contribution in [0.15, 0.2) is 78.9 Å². The van der Waals surface area contributed by atoms with Gasteiger partial charge >= 0.3 is 12.1 Å². The molecule has 0 aliphatic heterocycles. The minimum Gasteiger partial charge on any atom is -0.485 e. The maximum atomic E-state index is 12.7. The summed E-state index contributed by atoms with van der Waals surface area (Å²) in [6, 6.07) is 23.9. The third-order valence-electron chi connectivity index (χ3n) is 5.23. The summed E-state index contributed by atoms with van der Waals surface area (Å²) in [6.07, 6.45) is -0.628. The highest BCUT2D eigenvalue weighted by Gasteiger charge is 2.26. The molecule has 3 aromatic rings. The van der Waals surface area contributed by atoms with Crippen LogP contribution >= 0.6 is 0 Å². The molecule has 202 valence electrons. The van der Waals surface area contributed by atoms with E-state index in [2.05, 4.69) is 5.32 Å². The Morgan fingerprint density at radius 3 is 1.95 bits per heavy atom. The number of amides is 1. The lowest BCUT2D eigenvalue weighted by Crippen LogP contribution is -2.45.